The van der Waals surface area contributed by atoms with Crippen molar-refractivity contribution in [3.05, 3.63) is 29.8 Å². The molecule has 0 saturated heterocycles. The lowest BCUT2D eigenvalue weighted by molar-refractivity contribution is 0.331. The second-order valence-electron chi connectivity index (χ2n) is 4.61. The maximum Gasteiger partial charge on any atom is 0.124 e. The van der Waals surface area contributed by atoms with Crippen molar-refractivity contribution in [3.63, 3.8) is 0 Å². The van der Waals surface area contributed by atoms with Crippen LogP contribution in [0.15, 0.2) is 24.3 Å². The van der Waals surface area contributed by atoms with Crippen LogP contribution < -0.4 is 15.8 Å². The first-order valence-electron chi connectivity index (χ1n) is 6.50. The van der Waals surface area contributed by atoms with Gasteiger partial charge in [-0.15, -0.1) is 0 Å². The van der Waals surface area contributed by atoms with Gasteiger partial charge in [0.1, 0.15) is 5.75 Å². The molecule has 0 spiro atoms. The molecule has 0 radical (unpaired) electrons. The van der Waals surface area contributed by atoms with Gasteiger partial charge in [-0.05, 0) is 38.3 Å². The van der Waals surface area contributed by atoms with Gasteiger partial charge in [0.2, 0.25) is 0 Å². The van der Waals surface area contributed by atoms with Crippen LogP contribution >= 0.6 is 0 Å². The number of benzene rings is 1. The van der Waals surface area contributed by atoms with Crippen LogP contribution in [0, 0.1) is 5.92 Å². The van der Waals surface area contributed by atoms with Crippen LogP contribution in [0.4, 0.5) is 0 Å². The highest BCUT2D eigenvalue weighted by Crippen LogP contribution is 2.30. The molecule has 94 valence electrons. The van der Waals surface area contributed by atoms with Crippen molar-refractivity contribution >= 4 is 0 Å². The van der Waals surface area contributed by atoms with E-state index in [4.69, 9.17) is 10.5 Å². The van der Waals surface area contributed by atoms with E-state index in [1.165, 1.54) is 18.4 Å². The maximum absolute atomic E-state index is 5.86. The van der Waals surface area contributed by atoms with Crippen LogP contribution in [0.3, 0.4) is 0 Å². The molecule has 2 rings (SSSR count). The van der Waals surface area contributed by atoms with E-state index in [2.05, 4.69) is 11.4 Å². The van der Waals surface area contributed by atoms with Gasteiger partial charge in [-0.25, -0.2) is 0 Å². The van der Waals surface area contributed by atoms with Crippen LogP contribution in [0.25, 0.3) is 0 Å². The van der Waals surface area contributed by atoms with Crippen molar-refractivity contribution in [2.75, 3.05) is 19.7 Å². The predicted molar refractivity (Wildman–Crippen MR) is 70.1 cm³/mol. The SMILES string of the molecule is CCOc1ccccc1C(CN)NCC1CC1. The highest BCUT2D eigenvalue weighted by molar-refractivity contribution is 5.36. The summed E-state index contributed by atoms with van der Waals surface area (Å²) in [4.78, 5) is 0. The van der Waals surface area contributed by atoms with E-state index in [0.717, 1.165) is 18.2 Å². The molecule has 1 fully saturated rings. The third-order valence-electron chi connectivity index (χ3n) is 3.18. The Hall–Kier alpha value is -1.06. The molecule has 0 amide bonds. The summed E-state index contributed by atoms with van der Waals surface area (Å²) < 4.78 is 5.65. The number of nitrogens with two attached hydrogens (primary N) is 1. The van der Waals surface area contributed by atoms with Crippen molar-refractivity contribution in [2.24, 2.45) is 11.7 Å². The van der Waals surface area contributed by atoms with Crippen molar-refractivity contribution in [1.82, 2.24) is 5.32 Å². The Kier molecular flexibility index (Phi) is 4.40. The number of para-hydroxylation sites is 1. The minimum atomic E-state index is 0.207. The molecule has 17 heavy (non-hydrogen) atoms. The Morgan fingerprint density at radius 3 is 2.82 bits per heavy atom. The molecule has 1 aliphatic carbocycles. The number of nitrogens with one attached hydrogen (secondary N) is 1. The minimum Gasteiger partial charge on any atom is -0.494 e. The van der Waals surface area contributed by atoms with Gasteiger partial charge in [-0.3, -0.25) is 0 Å². The maximum atomic E-state index is 5.86. The zero-order valence-corrected chi connectivity index (χ0v) is 10.5. The first kappa shape index (κ1) is 12.4. The summed E-state index contributed by atoms with van der Waals surface area (Å²) in [5.74, 6) is 1.82. The predicted octanol–water partition coefficient (Wildman–Crippen LogP) is 2.08. The normalized spacial score (nSPS) is 16.8. The molecule has 0 aromatic heterocycles. The van der Waals surface area contributed by atoms with Crippen LogP contribution in [0.2, 0.25) is 0 Å². The van der Waals surface area contributed by atoms with Crippen LogP contribution in [0.1, 0.15) is 31.4 Å². The smallest absolute Gasteiger partial charge is 0.124 e. The molecule has 1 atom stereocenters. The van der Waals surface area contributed by atoms with Gasteiger partial charge in [0, 0.05) is 18.2 Å². The van der Waals surface area contributed by atoms with Crippen molar-refractivity contribution < 1.29 is 4.74 Å². The molecular weight excluding hydrogens is 212 g/mol. The van der Waals surface area contributed by atoms with Crippen molar-refractivity contribution in [3.8, 4) is 5.75 Å². The van der Waals surface area contributed by atoms with E-state index in [9.17, 15) is 0 Å². The van der Waals surface area contributed by atoms with Crippen molar-refractivity contribution in [1.29, 1.82) is 0 Å². The average Bonchev–Trinajstić information content (AvgIpc) is 3.16. The zero-order chi connectivity index (χ0) is 12.1. The lowest BCUT2D eigenvalue weighted by Crippen LogP contribution is -2.30. The lowest BCUT2D eigenvalue weighted by atomic mass is 10.1. The third-order valence-corrected chi connectivity index (χ3v) is 3.18. The zero-order valence-electron chi connectivity index (χ0n) is 10.5. The number of rotatable bonds is 7. The summed E-state index contributed by atoms with van der Waals surface area (Å²) in [6.45, 7) is 4.38. The van der Waals surface area contributed by atoms with E-state index in [-0.39, 0.29) is 6.04 Å². The van der Waals surface area contributed by atoms with Gasteiger partial charge in [-0.1, -0.05) is 18.2 Å². The van der Waals surface area contributed by atoms with Gasteiger partial charge in [0.15, 0.2) is 0 Å². The summed E-state index contributed by atoms with van der Waals surface area (Å²) in [6.07, 6.45) is 2.72. The second kappa shape index (κ2) is 6.03. The van der Waals surface area contributed by atoms with E-state index in [0.29, 0.717) is 13.2 Å². The summed E-state index contributed by atoms with van der Waals surface area (Å²) in [6, 6.07) is 8.36. The molecule has 1 aromatic rings. The monoisotopic (exact) mass is 234 g/mol. The molecule has 0 aliphatic heterocycles. The fourth-order valence-electron chi connectivity index (χ4n) is 2.01. The third kappa shape index (κ3) is 3.45. The number of hydrogen-bond donors (Lipinski definition) is 2. The molecule has 1 saturated carbocycles. The standard InChI is InChI=1S/C14H22N2O/c1-2-17-14-6-4-3-5-12(14)13(9-15)16-10-11-7-8-11/h3-6,11,13,16H,2,7-10,15H2,1H3. The Morgan fingerprint density at radius 2 is 2.18 bits per heavy atom. The first-order chi connectivity index (χ1) is 8.35. The molecule has 3 N–H and O–H groups in total. The number of ether oxygens (including phenoxy) is 1. The van der Waals surface area contributed by atoms with Crippen LogP contribution in [-0.2, 0) is 0 Å². The molecule has 3 heteroatoms. The van der Waals surface area contributed by atoms with Crippen molar-refractivity contribution in [2.45, 2.75) is 25.8 Å². The molecule has 0 bridgehead atoms. The van der Waals surface area contributed by atoms with Gasteiger partial charge in [0.25, 0.3) is 0 Å². The first-order valence-corrected chi connectivity index (χ1v) is 6.50. The highest BCUT2D eigenvalue weighted by atomic mass is 16.5. The molecule has 0 heterocycles. The molecular formula is C14H22N2O. The Labute approximate surface area is 103 Å². The summed E-state index contributed by atoms with van der Waals surface area (Å²) in [5, 5.41) is 3.54. The Morgan fingerprint density at radius 1 is 1.41 bits per heavy atom. The quantitative estimate of drug-likeness (QED) is 0.759. The summed E-state index contributed by atoms with van der Waals surface area (Å²) in [7, 11) is 0. The average molecular weight is 234 g/mol. The molecule has 1 aromatic carbocycles. The van der Waals surface area contributed by atoms with Gasteiger partial charge < -0.3 is 15.8 Å². The minimum absolute atomic E-state index is 0.207. The molecule has 3 nitrogen and oxygen atoms in total. The lowest BCUT2D eigenvalue weighted by Gasteiger charge is -2.20. The van der Waals surface area contributed by atoms with E-state index < -0.39 is 0 Å². The van der Waals surface area contributed by atoms with Crippen LogP contribution in [-0.4, -0.2) is 19.7 Å². The topological polar surface area (TPSA) is 47.3 Å². The summed E-state index contributed by atoms with van der Waals surface area (Å²) >= 11 is 0. The van der Waals surface area contributed by atoms with E-state index in [1.54, 1.807) is 0 Å². The largest absolute Gasteiger partial charge is 0.494 e. The number of hydrogen-bond acceptors (Lipinski definition) is 3. The highest BCUT2D eigenvalue weighted by Gasteiger charge is 2.23. The molecule has 1 aliphatic rings. The fraction of sp³-hybridized carbons (Fsp3) is 0.571. The van der Waals surface area contributed by atoms with Gasteiger partial charge in [-0.2, -0.15) is 0 Å². The fourth-order valence-corrected chi connectivity index (χ4v) is 2.01. The molecule has 1 unspecified atom stereocenters. The van der Waals surface area contributed by atoms with Gasteiger partial charge >= 0.3 is 0 Å². The Bertz CT molecular complexity index is 350. The second-order valence-corrected chi connectivity index (χ2v) is 4.61. The van der Waals surface area contributed by atoms with Crippen LogP contribution in [0.5, 0.6) is 5.75 Å². The summed E-state index contributed by atoms with van der Waals surface area (Å²) in [5.41, 5.74) is 7.04. The Balaban J connectivity index is 2.04. The van der Waals surface area contributed by atoms with E-state index >= 15 is 0 Å². The van der Waals surface area contributed by atoms with Gasteiger partial charge in [0.05, 0.1) is 6.61 Å². The van der Waals surface area contributed by atoms with E-state index in [1.807, 2.05) is 25.1 Å².